The highest BCUT2D eigenvalue weighted by atomic mass is 31.2. The highest BCUT2D eigenvalue weighted by Gasteiger charge is 2.31. The van der Waals surface area contributed by atoms with E-state index in [1.165, 1.54) is 0 Å². The van der Waals surface area contributed by atoms with Crippen molar-refractivity contribution >= 4 is 7.82 Å². The number of aromatic hydroxyl groups is 3. The summed E-state index contributed by atoms with van der Waals surface area (Å²) >= 11 is 0. The van der Waals surface area contributed by atoms with Gasteiger partial charge in [-0.15, -0.1) is 0 Å². The molecule has 0 atom stereocenters. The van der Waals surface area contributed by atoms with E-state index in [-0.39, 0.29) is 53.3 Å². The smallest absolute Gasteiger partial charge is 0.475 e. The van der Waals surface area contributed by atoms with E-state index in [1.807, 2.05) is 122 Å². The zero-order chi connectivity index (χ0) is 36.0. The normalized spacial score (nSPS) is 13.0. The van der Waals surface area contributed by atoms with Crippen molar-refractivity contribution in [3.63, 3.8) is 0 Å². The number of phosphoric acid groups is 1. The van der Waals surface area contributed by atoms with Crippen molar-refractivity contribution in [2.75, 3.05) is 0 Å². The van der Waals surface area contributed by atoms with Crippen LogP contribution in [0.2, 0.25) is 0 Å². The molecule has 3 aromatic carbocycles. The molecule has 3 N–H and O–H groups in total. The van der Waals surface area contributed by atoms with Gasteiger partial charge in [-0.25, -0.2) is 4.57 Å². The van der Waals surface area contributed by atoms with Gasteiger partial charge >= 0.3 is 7.82 Å². The fourth-order valence-corrected chi connectivity index (χ4v) is 6.75. The minimum Gasteiger partial charge on any atom is -0.507 e. The molecule has 0 aliphatic heterocycles. The summed E-state index contributed by atoms with van der Waals surface area (Å²) in [5.74, 6) is 0.736. The maximum atomic E-state index is 14.6. The van der Waals surface area contributed by atoms with Gasteiger partial charge in [-0.1, -0.05) is 62.3 Å². The van der Waals surface area contributed by atoms with E-state index in [1.54, 1.807) is 0 Å². The first-order chi connectivity index (χ1) is 21.3. The van der Waals surface area contributed by atoms with Crippen molar-refractivity contribution in [3.8, 4) is 17.2 Å². The first kappa shape index (κ1) is 38.6. The maximum absolute atomic E-state index is 14.6. The highest BCUT2D eigenvalue weighted by Crippen LogP contribution is 2.53. The van der Waals surface area contributed by atoms with Gasteiger partial charge in [0.05, 0.1) is 19.8 Å². The quantitative estimate of drug-likeness (QED) is 0.195. The molecule has 0 unspecified atom stereocenters. The van der Waals surface area contributed by atoms with Gasteiger partial charge in [0.1, 0.15) is 17.2 Å². The van der Waals surface area contributed by atoms with Crippen molar-refractivity contribution in [1.82, 2.24) is 0 Å². The van der Waals surface area contributed by atoms with Crippen LogP contribution in [0.1, 0.15) is 129 Å². The third kappa shape index (κ3) is 8.43. The van der Waals surface area contributed by atoms with Crippen molar-refractivity contribution in [2.24, 2.45) is 0 Å². The molecule has 260 valence electrons. The Morgan fingerprint density at radius 1 is 0.468 bits per heavy atom. The van der Waals surface area contributed by atoms with Crippen LogP contribution >= 0.6 is 7.82 Å². The molecule has 0 aromatic heterocycles. The van der Waals surface area contributed by atoms with Crippen LogP contribution in [0.5, 0.6) is 17.2 Å². The molecular weight excluding hydrogens is 611 g/mol. The molecule has 8 heteroatoms. The Balaban J connectivity index is 2.06. The molecule has 0 aliphatic carbocycles. The molecule has 0 spiro atoms. The topological polar surface area (TPSA) is 105 Å². The Morgan fingerprint density at radius 3 is 0.872 bits per heavy atom. The summed E-state index contributed by atoms with van der Waals surface area (Å²) < 4.78 is 32.9. The number of benzene rings is 3. The Bertz CT molecular complexity index is 1500. The van der Waals surface area contributed by atoms with Crippen molar-refractivity contribution < 1.29 is 33.5 Å². The van der Waals surface area contributed by atoms with Crippen molar-refractivity contribution in [1.29, 1.82) is 0 Å². The molecular formula is C39H57O7P. The summed E-state index contributed by atoms with van der Waals surface area (Å²) in [6, 6.07) is 5.69. The minimum atomic E-state index is -4.21. The summed E-state index contributed by atoms with van der Waals surface area (Å²) in [5.41, 5.74) is 8.37. The number of phenols is 3. The minimum absolute atomic E-state index is 0.0605. The monoisotopic (exact) mass is 668 g/mol. The second-order valence-electron chi connectivity index (χ2n) is 16.1. The van der Waals surface area contributed by atoms with E-state index in [4.69, 9.17) is 13.6 Å². The Morgan fingerprint density at radius 2 is 0.681 bits per heavy atom. The van der Waals surface area contributed by atoms with Crippen LogP contribution in [0.15, 0.2) is 18.2 Å². The molecule has 0 heterocycles. The third-order valence-electron chi connectivity index (χ3n) is 9.48. The summed E-state index contributed by atoms with van der Waals surface area (Å²) in [6.07, 6.45) is 0. The standard InChI is InChI=1S/C39H57O7P/c1-22-25(4)34(40)31(37(7,8)9)16-28(22)19-44-47(43,45-20-29-17-32(38(10,11)12)35(41)26(5)23(29)2)46-21-30-18-33(39(13,14)15)36(42)27(6)24(30)3/h16-18,40-42H,19-21H2,1-15H3. The van der Waals surface area contributed by atoms with Crippen LogP contribution in [0.4, 0.5) is 0 Å². The fourth-order valence-electron chi connectivity index (χ4n) is 5.64. The molecule has 3 rings (SSSR count). The lowest BCUT2D eigenvalue weighted by Crippen LogP contribution is -2.14. The molecule has 0 saturated heterocycles. The first-order valence-corrected chi connectivity index (χ1v) is 17.8. The Hall–Kier alpha value is -2.83. The maximum Gasteiger partial charge on any atom is 0.475 e. The number of phosphoric ester groups is 1. The van der Waals surface area contributed by atoms with Crippen LogP contribution in [0.25, 0.3) is 0 Å². The zero-order valence-corrected chi connectivity index (χ0v) is 32.2. The molecule has 0 fully saturated rings. The van der Waals surface area contributed by atoms with Gasteiger partial charge in [0, 0.05) is 0 Å². The first-order valence-electron chi connectivity index (χ1n) is 16.3. The third-order valence-corrected chi connectivity index (χ3v) is 10.8. The molecule has 0 saturated carbocycles. The average molecular weight is 669 g/mol. The van der Waals surface area contributed by atoms with Gasteiger partial charge in [0.15, 0.2) is 0 Å². The van der Waals surface area contributed by atoms with Crippen LogP contribution in [-0.4, -0.2) is 15.3 Å². The lowest BCUT2D eigenvalue weighted by Gasteiger charge is -2.26. The van der Waals surface area contributed by atoms with E-state index in [0.717, 1.165) is 66.8 Å². The van der Waals surface area contributed by atoms with Gasteiger partial charge in [0.25, 0.3) is 0 Å². The molecule has 0 amide bonds. The second kappa shape index (κ2) is 13.6. The van der Waals surface area contributed by atoms with Crippen molar-refractivity contribution in [2.45, 2.75) is 140 Å². The number of phenolic OH excluding ortho intramolecular Hbond substituents is 3. The van der Waals surface area contributed by atoms with Crippen LogP contribution < -0.4 is 0 Å². The van der Waals surface area contributed by atoms with Crippen molar-refractivity contribution in [3.05, 3.63) is 85.0 Å². The van der Waals surface area contributed by atoms with Gasteiger partial charge in [-0.05, 0) is 143 Å². The SMILES string of the molecule is Cc1c(COP(=O)(OCc2cc(C(C)(C)C)c(O)c(C)c2C)OCc2cc(C(C)(C)C)c(O)c(C)c2C)cc(C(C)(C)C)c(O)c1C. The van der Waals surface area contributed by atoms with Gasteiger partial charge in [0.2, 0.25) is 0 Å². The van der Waals surface area contributed by atoms with Gasteiger partial charge in [-0.3, -0.25) is 13.6 Å². The molecule has 0 radical (unpaired) electrons. The van der Waals surface area contributed by atoms with Gasteiger partial charge in [-0.2, -0.15) is 0 Å². The summed E-state index contributed by atoms with van der Waals surface area (Å²) in [7, 11) is -4.21. The number of rotatable bonds is 9. The molecule has 7 nitrogen and oxygen atoms in total. The Kier molecular flexibility index (Phi) is 11.2. The van der Waals surface area contributed by atoms with E-state index in [2.05, 4.69) is 0 Å². The number of hydrogen-bond acceptors (Lipinski definition) is 7. The zero-order valence-electron chi connectivity index (χ0n) is 31.3. The summed E-state index contributed by atoms with van der Waals surface area (Å²) in [5, 5.41) is 32.7. The second-order valence-corrected chi connectivity index (χ2v) is 17.7. The van der Waals surface area contributed by atoms with Crippen LogP contribution in [0.3, 0.4) is 0 Å². The fraction of sp³-hybridized carbons (Fsp3) is 0.538. The Labute approximate surface area is 282 Å². The lowest BCUT2D eigenvalue weighted by molar-refractivity contribution is 0.0973. The predicted octanol–water partition coefficient (Wildman–Crippen LogP) is 10.6. The summed E-state index contributed by atoms with van der Waals surface area (Å²) in [4.78, 5) is 0. The van der Waals surface area contributed by atoms with Gasteiger partial charge < -0.3 is 15.3 Å². The van der Waals surface area contributed by atoms with Crippen LogP contribution in [-0.2, 0) is 54.2 Å². The van der Waals surface area contributed by atoms with E-state index in [0.29, 0.717) is 0 Å². The predicted molar refractivity (Wildman–Crippen MR) is 191 cm³/mol. The summed E-state index contributed by atoms with van der Waals surface area (Å²) in [6.45, 7) is 29.4. The van der Waals surface area contributed by atoms with E-state index < -0.39 is 7.82 Å². The molecule has 0 bridgehead atoms. The average Bonchev–Trinajstić information content (AvgIpc) is 2.94. The molecule has 0 aliphatic rings. The molecule has 3 aromatic rings. The largest absolute Gasteiger partial charge is 0.507 e. The highest BCUT2D eigenvalue weighted by molar-refractivity contribution is 7.48. The van der Waals surface area contributed by atoms with Crippen LogP contribution in [0, 0.1) is 41.5 Å². The van der Waals surface area contributed by atoms with E-state index >= 15 is 0 Å². The molecule has 47 heavy (non-hydrogen) atoms. The van der Waals surface area contributed by atoms with E-state index in [9.17, 15) is 19.9 Å². The lowest BCUT2D eigenvalue weighted by atomic mass is 9.83. The number of hydrogen-bond donors (Lipinski definition) is 3.